The predicted octanol–water partition coefficient (Wildman–Crippen LogP) is 1.30. The number of halogens is 3. The number of carbonyl (C=O) groups is 1. The van der Waals surface area contributed by atoms with E-state index in [0.717, 1.165) is 22.1 Å². The zero-order valence-electron chi connectivity index (χ0n) is 12.1. The van der Waals surface area contributed by atoms with Crippen molar-refractivity contribution in [2.24, 2.45) is 0 Å². The maximum atomic E-state index is 12.6. The van der Waals surface area contributed by atoms with Crippen LogP contribution in [0.5, 0.6) is 0 Å². The van der Waals surface area contributed by atoms with Crippen molar-refractivity contribution in [3.05, 3.63) is 29.8 Å². The first-order valence-corrected chi connectivity index (χ1v) is 9.19. The Labute approximate surface area is 140 Å². The lowest BCUT2D eigenvalue weighted by Crippen LogP contribution is -2.49. The van der Waals surface area contributed by atoms with Crippen molar-refractivity contribution in [2.45, 2.75) is 17.1 Å². The maximum Gasteiger partial charge on any atom is 0.405 e. The smallest absolute Gasteiger partial charge is 0.346 e. The van der Waals surface area contributed by atoms with Crippen molar-refractivity contribution in [1.82, 2.24) is 9.62 Å². The summed E-state index contributed by atoms with van der Waals surface area (Å²) >= 11 is 1.12. The second-order valence-electron chi connectivity index (χ2n) is 4.88. The summed E-state index contributed by atoms with van der Waals surface area (Å²) in [6.07, 6.45) is -4.58. The highest BCUT2D eigenvalue weighted by molar-refractivity contribution is 8.00. The number of carbonyl (C=O) groups excluding carboxylic acids is 1. The Morgan fingerprint density at radius 3 is 2.79 bits per heavy atom. The van der Waals surface area contributed by atoms with Gasteiger partial charge in [-0.25, -0.2) is 8.42 Å². The molecule has 0 aliphatic carbocycles. The summed E-state index contributed by atoms with van der Waals surface area (Å²) in [5.41, 5.74) is 0.126. The molecule has 1 aromatic rings. The highest BCUT2D eigenvalue weighted by Gasteiger charge is 2.41. The minimum Gasteiger partial charge on any atom is -0.346 e. The second kappa shape index (κ2) is 7.00. The van der Waals surface area contributed by atoms with Gasteiger partial charge in [0.2, 0.25) is 15.9 Å². The van der Waals surface area contributed by atoms with Crippen LogP contribution in [-0.2, 0) is 14.8 Å². The molecule has 1 amide bonds. The molecule has 1 aliphatic heterocycles. The molecule has 24 heavy (non-hydrogen) atoms. The summed E-state index contributed by atoms with van der Waals surface area (Å²) in [7, 11) is -4.10. The molecule has 1 fully saturated rings. The molecule has 2 rings (SSSR count). The van der Waals surface area contributed by atoms with Crippen molar-refractivity contribution in [3.63, 3.8) is 0 Å². The number of nitriles is 1. The van der Waals surface area contributed by atoms with E-state index >= 15 is 0 Å². The van der Waals surface area contributed by atoms with E-state index in [4.69, 9.17) is 5.26 Å². The molecule has 0 radical (unpaired) electrons. The third kappa shape index (κ3) is 4.19. The number of alkyl halides is 3. The van der Waals surface area contributed by atoms with Crippen molar-refractivity contribution >= 4 is 27.7 Å². The van der Waals surface area contributed by atoms with Crippen LogP contribution in [0.15, 0.2) is 29.2 Å². The van der Waals surface area contributed by atoms with Crippen LogP contribution < -0.4 is 5.32 Å². The van der Waals surface area contributed by atoms with Gasteiger partial charge >= 0.3 is 6.18 Å². The van der Waals surface area contributed by atoms with Crippen LogP contribution in [0.1, 0.15) is 5.56 Å². The average Bonchev–Trinajstić information content (AvgIpc) is 3.02. The molecule has 130 valence electrons. The van der Waals surface area contributed by atoms with E-state index in [2.05, 4.69) is 0 Å². The number of sulfonamides is 1. The first-order valence-electron chi connectivity index (χ1n) is 6.59. The predicted molar refractivity (Wildman–Crippen MR) is 80.4 cm³/mol. The van der Waals surface area contributed by atoms with Crippen molar-refractivity contribution in [3.8, 4) is 6.07 Å². The summed E-state index contributed by atoms with van der Waals surface area (Å²) in [6, 6.07) is 5.81. The number of hydrogen-bond donors (Lipinski definition) is 1. The molecule has 6 nitrogen and oxygen atoms in total. The van der Waals surface area contributed by atoms with Gasteiger partial charge in [0.1, 0.15) is 12.6 Å². The first-order chi connectivity index (χ1) is 11.1. The van der Waals surface area contributed by atoms with Gasteiger partial charge in [-0.3, -0.25) is 4.79 Å². The minimum absolute atomic E-state index is 0.0524. The Bertz CT molecular complexity index is 775. The van der Waals surface area contributed by atoms with E-state index in [9.17, 15) is 26.4 Å². The van der Waals surface area contributed by atoms with Crippen LogP contribution in [0.25, 0.3) is 0 Å². The van der Waals surface area contributed by atoms with Gasteiger partial charge in [-0.15, -0.1) is 11.8 Å². The number of nitrogens with one attached hydrogen (secondary N) is 1. The molecule has 1 atom stereocenters. The van der Waals surface area contributed by atoms with Crippen molar-refractivity contribution in [1.29, 1.82) is 5.26 Å². The quantitative estimate of drug-likeness (QED) is 0.852. The number of nitrogens with zero attached hydrogens (tertiary/aromatic N) is 2. The van der Waals surface area contributed by atoms with Gasteiger partial charge in [0.15, 0.2) is 0 Å². The van der Waals surface area contributed by atoms with Crippen LogP contribution in [-0.4, -0.2) is 49.0 Å². The number of thioether (sulfide) groups is 1. The topological polar surface area (TPSA) is 90.3 Å². The van der Waals surface area contributed by atoms with Gasteiger partial charge in [-0.05, 0) is 18.2 Å². The minimum atomic E-state index is -4.58. The number of amides is 1. The Morgan fingerprint density at radius 2 is 2.17 bits per heavy atom. The van der Waals surface area contributed by atoms with E-state index in [1.54, 1.807) is 5.32 Å². The van der Waals surface area contributed by atoms with Gasteiger partial charge in [-0.1, -0.05) is 6.07 Å². The summed E-state index contributed by atoms with van der Waals surface area (Å²) in [6.45, 7) is -1.52. The SMILES string of the molecule is N#Cc1cccc(S(=O)(=O)N2CSCC2C(=O)NCC(F)(F)F)c1. The van der Waals surface area contributed by atoms with Gasteiger partial charge in [-0.2, -0.15) is 22.7 Å². The highest BCUT2D eigenvalue weighted by atomic mass is 32.2. The Hall–Kier alpha value is -1.77. The lowest BCUT2D eigenvalue weighted by molar-refractivity contribution is -0.140. The first kappa shape index (κ1) is 18.6. The van der Waals surface area contributed by atoms with E-state index in [1.165, 1.54) is 18.2 Å². The van der Waals surface area contributed by atoms with E-state index < -0.39 is 34.7 Å². The van der Waals surface area contributed by atoms with Gasteiger partial charge in [0.25, 0.3) is 0 Å². The van der Waals surface area contributed by atoms with Gasteiger partial charge in [0, 0.05) is 5.75 Å². The fourth-order valence-corrected chi connectivity index (χ4v) is 5.23. The molecule has 0 bridgehead atoms. The van der Waals surface area contributed by atoms with Crippen LogP contribution in [0.3, 0.4) is 0 Å². The van der Waals surface area contributed by atoms with E-state index in [1.807, 2.05) is 6.07 Å². The van der Waals surface area contributed by atoms with Gasteiger partial charge < -0.3 is 5.32 Å². The summed E-state index contributed by atoms with van der Waals surface area (Å²) in [5.74, 6) is -0.998. The van der Waals surface area contributed by atoms with Crippen LogP contribution >= 0.6 is 11.8 Å². The molecule has 1 saturated heterocycles. The fraction of sp³-hybridized carbons (Fsp3) is 0.385. The third-order valence-corrected chi connectivity index (χ3v) is 6.20. The zero-order chi connectivity index (χ0) is 18.0. The van der Waals surface area contributed by atoms with Gasteiger partial charge in [0.05, 0.1) is 22.4 Å². The highest BCUT2D eigenvalue weighted by Crippen LogP contribution is 2.29. The molecular weight excluding hydrogens is 367 g/mol. The third-order valence-electron chi connectivity index (χ3n) is 3.18. The molecule has 1 heterocycles. The molecule has 0 spiro atoms. The van der Waals surface area contributed by atoms with Crippen LogP contribution in [0, 0.1) is 11.3 Å². The second-order valence-corrected chi connectivity index (χ2v) is 7.77. The molecule has 0 aromatic heterocycles. The molecule has 1 aliphatic rings. The summed E-state index contributed by atoms with van der Waals surface area (Å²) < 4.78 is 62.7. The normalized spacial score (nSPS) is 19.0. The van der Waals surface area contributed by atoms with E-state index in [-0.39, 0.29) is 22.1 Å². The van der Waals surface area contributed by atoms with Crippen LogP contribution in [0.4, 0.5) is 13.2 Å². The Balaban J connectivity index is 2.22. The monoisotopic (exact) mass is 379 g/mol. The number of hydrogen-bond acceptors (Lipinski definition) is 5. The molecule has 1 N–H and O–H groups in total. The molecular formula is C13H12F3N3O3S2. The van der Waals surface area contributed by atoms with E-state index in [0.29, 0.717) is 0 Å². The van der Waals surface area contributed by atoms with Crippen molar-refractivity contribution in [2.75, 3.05) is 18.2 Å². The fourth-order valence-electron chi connectivity index (χ4n) is 2.04. The molecule has 0 saturated carbocycles. The molecule has 1 aromatic carbocycles. The lowest BCUT2D eigenvalue weighted by Gasteiger charge is -2.22. The lowest BCUT2D eigenvalue weighted by atomic mass is 10.2. The molecule has 1 unspecified atom stereocenters. The van der Waals surface area contributed by atoms with Crippen molar-refractivity contribution < 1.29 is 26.4 Å². The largest absolute Gasteiger partial charge is 0.405 e. The van der Waals surface area contributed by atoms with Crippen LogP contribution in [0.2, 0.25) is 0 Å². The Morgan fingerprint density at radius 1 is 1.46 bits per heavy atom. The zero-order valence-corrected chi connectivity index (χ0v) is 13.7. The molecule has 11 heteroatoms. The summed E-state index contributed by atoms with van der Waals surface area (Å²) in [4.78, 5) is 11.7. The maximum absolute atomic E-state index is 12.6. The number of rotatable bonds is 4. The standard InChI is InChI=1S/C13H12F3N3O3S2/c14-13(15,16)7-18-12(20)11-6-23-8-19(11)24(21,22)10-3-1-2-9(4-10)5-17/h1-4,11H,6-8H2,(H,18,20). The average molecular weight is 379 g/mol. The summed E-state index contributed by atoms with van der Waals surface area (Å²) in [5, 5.41) is 10.6. The Kier molecular flexibility index (Phi) is 5.42. The number of benzene rings is 1.